The third kappa shape index (κ3) is 2.98. The zero-order chi connectivity index (χ0) is 16.4. The summed E-state index contributed by atoms with van der Waals surface area (Å²) in [6, 6.07) is 27.7. The molecule has 0 fully saturated rings. The van der Waals surface area contributed by atoms with Gasteiger partial charge in [-0.25, -0.2) is 0 Å². The second-order valence-corrected chi connectivity index (χ2v) is 6.69. The molecule has 120 valence electrons. The minimum absolute atomic E-state index is 0.0567. The van der Waals surface area contributed by atoms with Crippen LogP contribution in [0.4, 0.5) is 0 Å². The van der Waals surface area contributed by atoms with Gasteiger partial charge in [0.05, 0.1) is 0 Å². The van der Waals surface area contributed by atoms with Gasteiger partial charge >= 0.3 is 0 Å². The zero-order valence-electron chi connectivity index (χ0n) is 13.5. The van der Waals surface area contributed by atoms with E-state index in [4.69, 9.17) is 11.6 Å². The van der Waals surface area contributed by atoms with Crippen molar-refractivity contribution in [2.45, 2.75) is 18.5 Å². The molecule has 4 rings (SSSR count). The fourth-order valence-electron chi connectivity index (χ4n) is 3.50. The Bertz CT molecular complexity index is 828. The molecule has 3 aromatic rings. The Kier molecular flexibility index (Phi) is 4.38. The predicted octanol–water partition coefficient (Wildman–Crippen LogP) is 5.65. The molecular weight excluding hydrogens is 314 g/mol. The van der Waals surface area contributed by atoms with Crippen LogP contribution in [0.25, 0.3) is 11.1 Å². The molecule has 1 aliphatic heterocycles. The summed E-state index contributed by atoms with van der Waals surface area (Å²) in [5.41, 5.74) is 6.46. The molecule has 0 amide bonds. The normalized spacial score (nSPS) is 17.5. The highest BCUT2D eigenvalue weighted by Gasteiger charge is 2.25. The van der Waals surface area contributed by atoms with Crippen LogP contribution >= 0.6 is 11.6 Å². The molecule has 0 bridgehead atoms. The summed E-state index contributed by atoms with van der Waals surface area (Å²) in [5, 5.41) is 0. The van der Waals surface area contributed by atoms with Crippen molar-refractivity contribution in [1.29, 1.82) is 0 Å². The fraction of sp³-hybridized carbons (Fsp3) is 0.182. The third-order valence-corrected chi connectivity index (χ3v) is 5.29. The summed E-state index contributed by atoms with van der Waals surface area (Å²) in [4.78, 5) is 2.37. The lowest BCUT2D eigenvalue weighted by molar-refractivity contribution is 0.233. The van der Waals surface area contributed by atoms with Crippen molar-refractivity contribution in [1.82, 2.24) is 4.90 Å². The van der Waals surface area contributed by atoms with E-state index in [1.807, 2.05) is 0 Å². The van der Waals surface area contributed by atoms with E-state index in [0.29, 0.717) is 0 Å². The van der Waals surface area contributed by atoms with E-state index in [-0.39, 0.29) is 5.50 Å². The summed E-state index contributed by atoms with van der Waals surface area (Å²) in [6.07, 6.45) is 1.06. The van der Waals surface area contributed by atoms with Crippen LogP contribution in [0.3, 0.4) is 0 Å². The molecule has 24 heavy (non-hydrogen) atoms. The van der Waals surface area contributed by atoms with E-state index in [1.54, 1.807) is 0 Å². The quantitative estimate of drug-likeness (QED) is 0.442. The van der Waals surface area contributed by atoms with Crippen molar-refractivity contribution in [2.24, 2.45) is 0 Å². The highest BCUT2D eigenvalue weighted by atomic mass is 35.5. The van der Waals surface area contributed by atoms with Crippen LogP contribution in [-0.4, -0.2) is 11.4 Å². The highest BCUT2D eigenvalue weighted by Crippen LogP contribution is 2.35. The fourth-order valence-corrected chi connectivity index (χ4v) is 3.88. The second-order valence-electron chi connectivity index (χ2n) is 6.28. The first kappa shape index (κ1) is 15.4. The lowest BCUT2D eigenvalue weighted by atomic mass is 9.96. The molecule has 1 nitrogen and oxygen atoms in total. The lowest BCUT2D eigenvalue weighted by Crippen LogP contribution is -2.32. The van der Waals surface area contributed by atoms with Gasteiger partial charge in [0, 0.05) is 13.1 Å². The topological polar surface area (TPSA) is 3.24 Å². The molecule has 0 aliphatic carbocycles. The van der Waals surface area contributed by atoms with Crippen molar-refractivity contribution in [2.75, 3.05) is 6.54 Å². The van der Waals surface area contributed by atoms with E-state index < -0.39 is 0 Å². The second kappa shape index (κ2) is 6.80. The first-order chi connectivity index (χ1) is 11.8. The minimum Gasteiger partial charge on any atom is -0.279 e. The molecule has 0 radical (unpaired) electrons. The average Bonchev–Trinajstić information content (AvgIpc) is 2.65. The SMILES string of the molecule is ClC1c2ccccc2CCN1Cc1ccccc1-c1ccccc1. The van der Waals surface area contributed by atoms with Crippen LogP contribution in [-0.2, 0) is 13.0 Å². The first-order valence-corrected chi connectivity index (χ1v) is 8.86. The van der Waals surface area contributed by atoms with Crippen molar-refractivity contribution in [3.8, 4) is 11.1 Å². The summed E-state index contributed by atoms with van der Waals surface area (Å²) in [6.45, 7) is 1.86. The molecule has 1 unspecified atom stereocenters. The molecule has 1 atom stereocenters. The van der Waals surface area contributed by atoms with Gasteiger partial charge in [-0.15, -0.1) is 11.6 Å². The number of hydrogen-bond acceptors (Lipinski definition) is 1. The van der Waals surface area contributed by atoms with Crippen LogP contribution in [0.2, 0.25) is 0 Å². The summed E-state index contributed by atoms with van der Waals surface area (Å²) < 4.78 is 0. The third-order valence-electron chi connectivity index (χ3n) is 4.78. The molecule has 0 saturated heterocycles. The first-order valence-electron chi connectivity index (χ1n) is 8.42. The Balaban J connectivity index is 1.63. The number of hydrogen-bond donors (Lipinski definition) is 0. The molecule has 0 N–H and O–H groups in total. The predicted molar refractivity (Wildman–Crippen MR) is 101 cm³/mol. The van der Waals surface area contributed by atoms with Crippen LogP contribution in [0.1, 0.15) is 22.2 Å². The summed E-state index contributed by atoms with van der Waals surface area (Å²) in [5.74, 6) is 0. The lowest BCUT2D eigenvalue weighted by Gasteiger charge is -2.34. The van der Waals surface area contributed by atoms with E-state index in [0.717, 1.165) is 19.5 Å². The van der Waals surface area contributed by atoms with E-state index in [2.05, 4.69) is 83.8 Å². The molecule has 2 heteroatoms. The maximum absolute atomic E-state index is 6.79. The zero-order valence-corrected chi connectivity index (χ0v) is 14.3. The largest absolute Gasteiger partial charge is 0.279 e. The number of nitrogens with zero attached hydrogens (tertiary/aromatic N) is 1. The van der Waals surface area contributed by atoms with Gasteiger partial charge in [-0.2, -0.15) is 0 Å². The summed E-state index contributed by atoms with van der Waals surface area (Å²) >= 11 is 6.79. The summed E-state index contributed by atoms with van der Waals surface area (Å²) in [7, 11) is 0. The Morgan fingerprint density at radius 1 is 0.833 bits per heavy atom. The number of fused-ring (bicyclic) bond motifs is 1. The molecule has 1 heterocycles. The Morgan fingerprint density at radius 2 is 1.54 bits per heavy atom. The Morgan fingerprint density at radius 3 is 2.42 bits per heavy atom. The van der Waals surface area contributed by atoms with Gasteiger partial charge in [-0.05, 0) is 34.2 Å². The number of rotatable bonds is 3. The Hall–Kier alpha value is -2.09. The van der Waals surface area contributed by atoms with Crippen molar-refractivity contribution in [3.63, 3.8) is 0 Å². The van der Waals surface area contributed by atoms with Gasteiger partial charge in [0.25, 0.3) is 0 Å². The maximum atomic E-state index is 6.79. The van der Waals surface area contributed by atoms with Crippen molar-refractivity contribution >= 4 is 11.6 Å². The van der Waals surface area contributed by atoms with Gasteiger partial charge in [0.1, 0.15) is 5.50 Å². The molecular formula is C22H20ClN. The Labute approximate surface area is 148 Å². The maximum Gasteiger partial charge on any atom is 0.111 e. The van der Waals surface area contributed by atoms with Crippen LogP contribution in [0, 0.1) is 0 Å². The van der Waals surface area contributed by atoms with Crippen molar-refractivity contribution < 1.29 is 0 Å². The number of halogens is 1. The van der Waals surface area contributed by atoms with E-state index in [9.17, 15) is 0 Å². The smallest absolute Gasteiger partial charge is 0.111 e. The van der Waals surface area contributed by atoms with Crippen LogP contribution in [0.15, 0.2) is 78.9 Å². The molecule has 3 aromatic carbocycles. The van der Waals surface area contributed by atoms with E-state index >= 15 is 0 Å². The minimum atomic E-state index is -0.0567. The highest BCUT2D eigenvalue weighted by molar-refractivity contribution is 6.20. The number of benzene rings is 3. The van der Waals surface area contributed by atoms with Gasteiger partial charge < -0.3 is 0 Å². The van der Waals surface area contributed by atoms with Crippen LogP contribution < -0.4 is 0 Å². The van der Waals surface area contributed by atoms with Crippen molar-refractivity contribution in [3.05, 3.63) is 95.6 Å². The molecule has 0 spiro atoms. The van der Waals surface area contributed by atoms with Gasteiger partial charge in [0.15, 0.2) is 0 Å². The van der Waals surface area contributed by atoms with Gasteiger partial charge in [-0.1, -0.05) is 78.9 Å². The van der Waals surface area contributed by atoms with Crippen LogP contribution in [0.5, 0.6) is 0 Å². The van der Waals surface area contributed by atoms with Gasteiger partial charge in [-0.3, -0.25) is 4.90 Å². The standard InChI is InChI=1S/C22H20ClN/c23-22-21-13-7-4-10-18(21)14-15-24(22)16-19-11-5-6-12-20(19)17-8-2-1-3-9-17/h1-13,22H,14-16H2. The average molecular weight is 334 g/mol. The van der Waals surface area contributed by atoms with E-state index in [1.165, 1.54) is 27.8 Å². The molecule has 0 aromatic heterocycles. The number of alkyl halides is 1. The molecule has 1 aliphatic rings. The van der Waals surface area contributed by atoms with Gasteiger partial charge in [0.2, 0.25) is 0 Å². The molecule has 0 saturated carbocycles. The monoisotopic (exact) mass is 333 g/mol.